The molecule has 0 aliphatic carbocycles. The average molecular weight is 518 g/mol. The van der Waals surface area contributed by atoms with Crippen LogP contribution in [0.2, 0.25) is 0 Å². The minimum Gasteiger partial charge on any atom is -0.384 e. The summed E-state index contributed by atoms with van der Waals surface area (Å²) in [7, 11) is 3.37. The van der Waals surface area contributed by atoms with E-state index in [4.69, 9.17) is 5.73 Å². The van der Waals surface area contributed by atoms with Gasteiger partial charge in [0.2, 0.25) is 5.91 Å². The van der Waals surface area contributed by atoms with Crippen LogP contribution in [-0.2, 0) is 23.1 Å². The molecule has 10 nitrogen and oxygen atoms in total. The molecular weight excluding hydrogens is 482 g/mol. The smallest absolute Gasteiger partial charge is 0.325 e. The van der Waals surface area contributed by atoms with Crippen LogP contribution in [0.3, 0.4) is 0 Å². The molecule has 1 aromatic carbocycles. The van der Waals surface area contributed by atoms with Gasteiger partial charge in [0.1, 0.15) is 11.9 Å². The second-order valence-electron chi connectivity index (χ2n) is 10.0. The number of hydrogen-bond acceptors (Lipinski definition) is 6. The predicted molar refractivity (Wildman–Crippen MR) is 145 cm³/mol. The number of nitrogens with zero attached hydrogens (tertiary/aromatic N) is 5. The molecule has 4 rings (SSSR count). The second-order valence-corrected chi connectivity index (χ2v) is 10.0. The topological polar surface area (TPSA) is 126 Å². The zero-order chi connectivity index (χ0) is 27.7. The highest BCUT2D eigenvalue weighted by atomic mass is 16.2. The number of urea groups is 1. The summed E-state index contributed by atoms with van der Waals surface area (Å²) >= 11 is 0. The number of imide groups is 1. The van der Waals surface area contributed by atoms with Gasteiger partial charge < -0.3 is 16.0 Å². The molecule has 2 aromatic heterocycles. The van der Waals surface area contributed by atoms with Crippen molar-refractivity contribution in [3.8, 4) is 0 Å². The van der Waals surface area contributed by atoms with E-state index in [1.807, 2.05) is 45.9 Å². The molecule has 0 bridgehead atoms. The van der Waals surface area contributed by atoms with E-state index in [1.165, 1.54) is 4.90 Å². The number of carbonyl (C=O) groups excluding carboxylic acids is 3. The van der Waals surface area contributed by atoms with Gasteiger partial charge in [-0.25, -0.2) is 9.78 Å². The molecule has 4 amide bonds. The van der Waals surface area contributed by atoms with E-state index >= 15 is 0 Å². The Morgan fingerprint density at radius 2 is 1.92 bits per heavy atom. The first-order valence-corrected chi connectivity index (χ1v) is 12.7. The van der Waals surface area contributed by atoms with Gasteiger partial charge in [-0.15, -0.1) is 0 Å². The number of amides is 4. The summed E-state index contributed by atoms with van der Waals surface area (Å²) in [5, 5.41) is 7.13. The third-order valence-electron chi connectivity index (χ3n) is 7.09. The van der Waals surface area contributed by atoms with Crippen LogP contribution < -0.4 is 16.0 Å². The highest BCUT2D eigenvalue weighted by Crippen LogP contribution is 2.34. The number of nitrogens with two attached hydrogens (primary N) is 1. The van der Waals surface area contributed by atoms with E-state index < -0.39 is 23.9 Å². The van der Waals surface area contributed by atoms with Gasteiger partial charge in [0.05, 0.1) is 23.8 Å². The minimum absolute atomic E-state index is 0.266. The number of likely N-dealkylation sites (N-methyl/N-ethyl adjacent to an activating group) is 1. The molecule has 38 heavy (non-hydrogen) atoms. The number of pyridine rings is 1. The third-order valence-corrected chi connectivity index (χ3v) is 7.09. The molecule has 10 heteroatoms. The number of nitrogen functional groups attached to an aromatic ring is 1. The number of β-lactam (4-membered cyclic amide) rings is 1. The Bertz CT molecular complexity index is 1360. The number of aryl methyl sites for hydroxylation is 4. The summed E-state index contributed by atoms with van der Waals surface area (Å²) in [5.74, 6) is -1.13. The standard InChI is InChI=1S/C28H35N7O3/c1-7-23(21-9-8-16(2)10-17(21)3)32-28(38)35-25(27(37)34(6)20-14-30-33(5)15-20)22(26(35)36)12-19-11-18(4)31-24(29)13-19/h8-11,13-15,22-23,25H,7,12H2,1-6H3,(H2,29,31)(H,32,38)/t22-,23?,25+/m1/s1. The van der Waals surface area contributed by atoms with Crippen LogP contribution in [0.5, 0.6) is 0 Å². The maximum atomic E-state index is 13.7. The first-order chi connectivity index (χ1) is 18.0. The summed E-state index contributed by atoms with van der Waals surface area (Å²) in [5.41, 5.74) is 11.2. The molecule has 3 heterocycles. The maximum absolute atomic E-state index is 13.7. The van der Waals surface area contributed by atoms with E-state index in [2.05, 4.69) is 21.5 Å². The van der Waals surface area contributed by atoms with Crippen LogP contribution in [0.4, 0.5) is 16.3 Å². The van der Waals surface area contributed by atoms with Gasteiger partial charge >= 0.3 is 6.03 Å². The number of likely N-dealkylation sites (tertiary alicyclic amines) is 1. The minimum atomic E-state index is -0.973. The zero-order valence-corrected chi connectivity index (χ0v) is 22.7. The summed E-state index contributed by atoms with van der Waals surface area (Å²) in [6.07, 6.45) is 4.17. The number of benzene rings is 1. The van der Waals surface area contributed by atoms with Crippen molar-refractivity contribution >= 4 is 29.4 Å². The summed E-state index contributed by atoms with van der Waals surface area (Å²) in [4.78, 5) is 47.3. The van der Waals surface area contributed by atoms with Gasteiger partial charge in [-0.3, -0.25) is 19.2 Å². The van der Waals surface area contributed by atoms with Crippen molar-refractivity contribution in [3.63, 3.8) is 0 Å². The van der Waals surface area contributed by atoms with E-state index in [0.29, 0.717) is 17.9 Å². The van der Waals surface area contributed by atoms with E-state index in [0.717, 1.165) is 32.8 Å². The molecule has 0 saturated carbocycles. The number of rotatable bonds is 7. The average Bonchev–Trinajstić information content (AvgIpc) is 3.29. The SMILES string of the molecule is CCC(NC(=O)N1C(=O)[C@H](Cc2cc(C)nc(N)c2)[C@H]1C(=O)N(C)c1cnn(C)c1)c1ccc(C)cc1C. The molecule has 1 saturated heterocycles. The highest BCUT2D eigenvalue weighted by molar-refractivity contribution is 6.12. The number of carbonyl (C=O) groups is 3. The van der Waals surface area contributed by atoms with Crippen LogP contribution in [0.15, 0.2) is 42.7 Å². The number of hydrogen-bond donors (Lipinski definition) is 2. The fourth-order valence-corrected chi connectivity index (χ4v) is 5.14. The lowest BCUT2D eigenvalue weighted by Gasteiger charge is -2.46. The first kappa shape index (κ1) is 26.8. The van der Waals surface area contributed by atoms with E-state index in [1.54, 1.807) is 37.2 Å². The lowest BCUT2D eigenvalue weighted by molar-refractivity contribution is -0.156. The Kier molecular flexibility index (Phi) is 7.52. The van der Waals surface area contributed by atoms with E-state index in [-0.39, 0.29) is 18.4 Å². The van der Waals surface area contributed by atoms with Gasteiger partial charge in [-0.05, 0) is 62.4 Å². The Balaban J connectivity index is 1.62. The van der Waals surface area contributed by atoms with Gasteiger partial charge in [-0.1, -0.05) is 30.7 Å². The molecule has 200 valence electrons. The van der Waals surface area contributed by atoms with Gasteiger partial charge in [0, 0.05) is 26.0 Å². The second kappa shape index (κ2) is 10.6. The lowest BCUT2D eigenvalue weighted by Crippen LogP contribution is -2.70. The van der Waals surface area contributed by atoms with Crippen molar-refractivity contribution in [1.82, 2.24) is 25.0 Å². The van der Waals surface area contributed by atoms with Crippen LogP contribution in [0.25, 0.3) is 0 Å². The number of anilines is 2. The normalized spacial score (nSPS) is 17.6. The van der Waals surface area contributed by atoms with Crippen molar-refractivity contribution in [2.75, 3.05) is 17.7 Å². The molecule has 0 radical (unpaired) electrons. The molecule has 1 fully saturated rings. The monoisotopic (exact) mass is 517 g/mol. The Labute approximate surface area is 222 Å². The first-order valence-electron chi connectivity index (χ1n) is 12.7. The molecule has 1 unspecified atom stereocenters. The Morgan fingerprint density at radius 1 is 1.18 bits per heavy atom. The van der Waals surface area contributed by atoms with E-state index in [9.17, 15) is 14.4 Å². The molecule has 3 aromatic rings. The third kappa shape index (κ3) is 5.25. The van der Waals surface area contributed by atoms with Gasteiger partial charge in [0.15, 0.2) is 0 Å². The number of aromatic nitrogens is 3. The quantitative estimate of drug-likeness (QED) is 0.464. The van der Waals surface area contributed by atoms with Crippen molar-refractivity contribution in [3.05, 3.63) is 70.7 Å². The lowest BCUT2D eigenvalue weighted by atomic mass is 9.81. The van der Waals surface area contributed by atoms with Crippen molar-refractivity contribution in [2.24, 2.45) is 13.0 Å². The van der Waals surface area contributed by atoms with Crippen LogP contribution >= 0.6 is 0 Å². The number of nitrogens with one attached hydrogen (secondary N) is 1. The fourth-order valence-electron chi connectivity index (χ4n) is 5.14. The largest absolute Gasteiger partial charge is 0.384 e. The summed E-state index contributed by atoms with van der Waals surface area (Å²) in [6.45, 7) is 7.81. The molecule has 3 N–H and O–H groups in total. The van der Waals surface area contributed by atoms with Crippen molar-refractivity contribution in [2.45, 2.75) is 52.6 Å². The zero-order valence-electron chi connectivity index (χ0n) is 22.7. The summed E-state index contributed by atoms with van der Waals surface area (Å²) < 4.78 is 1.59. The summed E-state index contributed by atoms with van der Waals surface area (Å²) in [6, 6.07) is 7.74. The van der Waals surface area contributed by atoms with Crippen LogP contribution in [0, 0.1) is 26.7 Å². The molecule has 3 atom stereocenters. The van der Waals surface area contributed by atoms with Gasteiger partial charge in [0.25, 0.3) is 5.91 Å². The Hall–Kier alpha value is -4.21. The van der Waals surface area contributed by atoms with Crippen molar-refractivity contribution in [1.29, 1.82) is 0 Å². The maximum Gasteiger partial charge on any atom is 0.325 e. The van der Waals surface area contributed by atoms with Gasteiger partial charge in [-0.2, -0.15) is 5.10 Å². The highest BCUT2D eigenvalue weighted by Gasteiger charge is 2.55. The molecule has 0 spiro atoms. The van der Waals surface area contributed by atoms with Crippen LogP contribution in [0.1, 0.15) is 47.3 Å². The van der Waals surface area contributed by atoms with Crippen LogP contribution in [-0.4, -0.2) is 50.6 Å². The Morgan fingerprint density at radius 3 is 2.53 bits per heavy atom. The molecular formula is C28H35N7O3. The molecule has 1 aliphatic rings. The fraction of sp³-hybridized carbons (Fsp3) is 0.393. The molecule has 1 aliphatic heterocycles. The predicted octanol–water partition coefficient (Wildman–Crippen LogP) is 3.22. The van der Waals surface area contributed by atoms with Crippen molar-refractivity contribution < 1.29 is 14.4 Å².